The molecule has 1 aromatic carbocycles. The molecule has 0 aliphatic heterocycles. The van der Waals surface area contributed by atoms with E-state index in [0.717, 1.165) is 12.0 Å². The summed E-state index contributed by atoms with van der Waals surface area (Å²) in [6, 6.07) is 5.92. The summed E-state index contributed by atoms with van der Waals surface area (Å²) in [7, 11) is 0. The van der Waals surface area contributed by atoms with E-state index in [1.807, 2.05) is 19.9 Å². The highest BCUT2D eigenvalue weighted by molar-refractivity contribution is 7.98. The SMILES string of the molecule is CC[C@@H](C)[C@H](NC(=O)OC(C)(C)C)c1nnc(SCc2cccc(F)c2)o1. The second kappa shape index (κ2) is 9.21. The lowest BCUT2D eigenvalue weighted by Gasteiger charge is -2.24. The molecule has 1 heterocycles. The minimum atomic E-state index is -0.592. The van der Waals surface area contributed by atoms with Gasteiger partial charge in [-0.2, -0.15) is 0 Å². The Hall–Kier alpha value is -2.09. The molecule has 0 aliphatic carbocycles. The maximum atomic E-state index is 13.3. The first-order chi connectivity index (χ1) is 12.7. The lowest BCUT2D eigenvalue weighted by atomic mass is 9.99. The molecule has 0 saturated heterocycles. The summed E-state index contributed by atoms with van der Waals surface area (Å²) in [6.45, 7) is 9.42. The van der Waals surface area contributed by atoms with Gasteiger partial charge >= 0.3 is 6.09 Å². The summed E-state index contributed by atoms with van der Waals surface area (Å²) in [6.07, 6.45) is 0.286. The summed E-state index contributed by atoms with van der Waals surface area (Å²) in [4.78, 5) is 12.1. The number of benzene rings is 1. The maximum absolute atomic E-state index is 13.3. The second-order valence-corrected chi connectivity index (χ2v) is 8.26. The van der Waals surface area contributed by atoms with E-state index in [2.05, 4.69) is 15.5 Å². The van der Waals surface area contributed by atoms with Gasteiger partial charge in [-0.3, -0.25) is 0 Å². The molecule has 148 valence electrons. The normalized spacial score (nSPS) is 13.9. The van der Waals surface area contributed by atoms with Crippen molar-refractivity contribution in [1.29, 1.82) is 0 Å². The van der Waals surface area contributed by atoms with Crippen molar-refractivity contribution in [3.63, 3.8) is 0 Å². The van der Waals surface area contributed by atoms with Crippen molar-refractivity contribution in [2.75, 3.05) is 0 Å². The van der Waals surface area contributed by atoms with Gasteiger partial charge in [0.2, 0.25) is 5.89 Å². The van der Waals surface area contributed by atoms with Gasteiger partial charge in [-0.05, 0) is 44.4 Å². The number of rotatable bonds is 7. The number of aromatic nitrogens is 2. The van der Waals surface area contributed by atoms with E-state index < -0.39 is 17.7 Å². The lowest BCUT2D eigenvalue weighted by molar-refractivity contribution is 0.0473. The maximum Gasteiger partial charge on any atom is 0.408 e. The van der Waals surface area contributed by atoms with Gasteiger partial charge in [-0.25, -0.2) is 9.18 Å². The van der Waals surface area contributed by atoms with Crippen LogP contribution >= 0.6 is 11.8 Å². The number of carbonyl (C=O) groups excluding carboxylic acids is 1. The summed E-state index contributed by atoms with van der Waals surface area (Å²) in [5.41, 5.74) is 0.232. The van der Waals surface area contributed by atoms with Crippen molar-refractivity contribution < 1.29 is 18.3 Å². The summed E-state index contributed by atoms with van der Waals surface area (Å²) in [5.74, 6) is 0.640. The fourth-order valence-corrected chi connectivity index (χ4v) is 3.01. The van der Waals surface area contributed by atoms with Crippen molar-refractivity contribution in [3.05, 3.63) is 41.5 Å². The summed E-state index contributed by atoms with van der Waals surface area (Å²) in [5, 5.41) is 11.3. The molecule has 2 aromatic rings. The molecule has 8 heteroatoms. The molecule has 0 spiro atoms. The predicted octanol–water partition coefficient (Wildman–Crippen LogP) is 5.11. The number of nitrogens with zero attached hydrogens (tertiary/aromatic N) is 2. The molecule has 1 N–H and O–H groups in total. The average Bonchev–Trinajstić information content (AvgIpc) is 3.04. The first-order valence-electron chi connectivity index (χ1n) is 8.88. The van der Waals surface area contributed by atoms with E-state index in [-0.39, 0.29) is 11.7 Å². The molecule has 0 aliphatic rings. The molecule has 0 fully saturated rings. The van der Waals surface area contributed by atoms with Gasteiger partial charge in [-0.1, -0.05) is 44.2 Å². The van der Waals surface area contributed by atoms with Gasteiger partial charge in [0.05, 0.1) is 0 Å². The zero-order valence-electron chi connectivity index (χ0n) is 16.3. The van der Waals surface area contributed by atoms with Crippen molar-refractivity contribution in [1.82, 2.24) is 15.5 Å². The second-order valence-electron chi connectivity index (χ2n) is 7.33. The molecule has 6 nitrogen and oxygen atoms in total. The van der Waals surface area contributed by atoms with Crippen LogP contribution in [0.3, 0.4) is 0 Å². The Balaban J connectivity index is 2.05. The van der Waals surface area contributed by atoms with Crippen molar-refractivity contribution in [2.24, 2.45) is 5.92 Å². The minimum absolute atomic E-state index is 0.0824. The molecule has 0 saturated carbocycles. The zero-order valence-corrected chi connectivity index (χ0v) is 17.1. The minimum Gasteiger partial charge on any atom is -0.444 e. The van der Waals surface area contributed by atoms with Crippen LogP contribution in [0.1, 0.15) is 58.5 Å². The topological polar surface area (TPSA) is 77.2 Å². The van der Waals surface area contributed by atoms with Crippen LogP contribution in [0, 0.1) is 11.7 Å². The standard InChI is InChI=1S/C19H26FN3O3S/c1-6-12(2)15(21-17(24)26-19(3,4)5)16-22-23-18(25-16)27-11-13-8-7-9-14(20)10-13/h7-10,12,15H,6,11H2,1-5H3,(H,21,24)/t12-,15+/m1/s1. The molecule has 2 atom stereocenters. The molecule has 0 unspecified atom stereocenters. The third kappa shape index (κ3) is 6.86. The van der Waals surface area contributed by atoms with Crippen LogP contribution in [-0.4, -0.2) is 21.9 Å². The number of thioether (sulfide) groups is 1. The number of hydrogen-bond acceptors (Lipinski definition) is 6. The van der Waals surface area contributed by atoms with Crippen LogP contribution in [0.5, 0.6) is 0 Å². The van der Waals surface area contributed by atoms with Gasteiger partial charge in [0.1, 0.15) is 17.5 Å². The van der Waals surface area contributed by atoms with Gasteiger partial charge in [-0.15, -0.1) is 10.2 Å². The van der Waals surface area contributed by atoms with Gasteiger partial charge in [0.15, 0.2) is 0 Å². The first-order valence-corrected chi connectivity index (χ1v) is 9.86. The van der Waals surface area contributed by atoms with Gasteiger partial charge < -0.3 is 14.5 Å². The Morgan fingerprint density at radius 3 is 2.74 bits per heavy atom. The highest BCUT2D eigenvalue weighted by Gasteiger charge is 2.28. The van der Waals surface area contributed by atoms with Crippen LogP contribution in [0.4, 0.5) is 9.18 Å². The van der Waals surface area contributed by atoms with Crippen LogP contribution in [0.25, 0.3) is 0 Å². The Kier molecular flexibility index (Phi) is 7.24. The number of amides is 1. The van der Waals surface area contributed by atoms with Crippen LogP contribution in [-0.2, 0) is 10.5 Å². The molecular formula is C19H26FN3O3S. The lowest BCUT2D eigenvalue weighted by Crippen LogP contribution is -2.37. The summed E-state index contributed by atoms with van der Waals surface area (Å²) < 4.78 is 24.3. The smallest absolute Gasteiger partial charge is 0.408 e. The number of halogens is 1. The van der Waals surface area contributed by atoms with Crippen molar-refractivity contribution >= 4 is 17.9 Å². The third-order valence-corrected chi connectivity index (χ3v) is 4.71. The third-order valence-electron chi connectivity index (χ3n) is 3.82. The number of carbonyl (C=O) groups is 1. The van der Waals surface area contributed by atoms with E-state index in [9.17, 15) is 9.18 Å². The Bertz CT molecular complexity index is 761. The summed E-state index contributed by atoms with van der Waals surface area (Å²) >= 11 is 1.32. The van der Waals surface area contributed by atoms with Crippen LogP contribution < -0.4 is 5.32 Å². The fourth-order valence-electron chi connectivity index (χ4n) is 2.29. The van der Waals surface area contributed by atoms with E-state index in [1.165, 1.54) is 23.9 Å². The molecule has 1 amide bonds. The highest BCUT2D eigenvalue weighted by Crippen LogP contribution is 2.28. The van der Waals surface area contributed by atoms with Gasteiger partial charge in [0, 0.05) is 5.75 Å². The predicted molar refractivity (Wildman–Crippen MR) is 102 cm³/mol. The van der Waals surface area contributed by atoms with Crippen LogP contribution in [0.2, 0.25) is 0 Å². The number of ether oxygens (including phenoxy) is 1. The van der Waals surface area contributed by atoms with Crippen molar-refractivity contribution in [3.8, 4) is 0 Å². The zero-order chi connectivity index (χ0) is 20.0. The highest BCUT2D eigenvalue weighted by atomic mass is 32.2. The van der Waals surface area contributed by atoms with Crippen molar-refractivity contribution in [2.45, 2.75) is 63.7 Å². The molecule has 2 rings (SSSR count). The molecular weight excluding hydrogens is 369 g/mol. The van der Waals surface area contributed by atoms with Crippen LogP contribution in [0.15, 0.2) is 33.9 Å². The van der Waals surface area contributed by atoms with Gasteiger partial charge in [0.25, 0.3) is 5.22 Å². The fraction of sp³-hybridized carbons (Fsp3) is 0.526. The van der Waals surface area contributed by atoms with E-state index in [0.29, 0.717) is 16.9 Å². The number of hydrogen-bond donors (Lipinski definition) is 1. The van der Waals surface area contributed by atoms with E-state index >= 15 is 0 Å². The molecule has 0 bridgehead atoms. The molecule has 1 aromatic heterocycles. The molecule has 0 radical (unpaired) electrons. The van der Waals surface area contributed by atoms with E-state index in [1.54, 1.807) is 26.8 Å². The largest absolute Gasteiger partial charge is 0.444 e. The number of alkyl carbamates (subject to hydrolysis) is 1. The average molecular weight is 396 g/mol. The molecule has 27 heavy (non-hydrogen) atoms. The van der Waals surface area contributed by atoms with E-state index in [4.69, 9.17) is 9.15 Å². The Morgan fingerprint density at radius 2 is 2.11 bits per heavy atom. The monoisotopic (exact) mass is 395 g/mol. The quantitative estimate of drug-likeness (QED) is 0.656. The Labute approximate surface area is 163 Å². The Morgan fingerprint density at radius 1 is 1.37 bits per heavy atom. The number of nitrogens with one attached hydrogen (secondary N) is 1. The first kappa shape index (κ1) is 21.2.